The van der Waals surface area contributed by atoms with Gasteiger partial charge in [0, 0.05) is 42.1 Å². The van der Waals surface area contributed by atoms with E-state index in [1.54, 1.807) is 0 Å². The van der Waals surface area contributed by atoms with E-state index in [0.29, 0.717) is 13.2 Å². The van der Waals surface area contributed by atoms with Crippen molar-refractivity contribution in [2.45, 2.75) is 12.8 Å². The lowest BCUT2D eigenvalue weighted by Crippen LogP contribution is -2.15. The van der Waals surface area contributed by atoms with E-state index in [-0.39, 0.29) is 0 Å². The minimum atomic E-state index is 0.683. The smallest absolute Gasteiger partial charge is 0.126 e. The summed E-state index contributed by atoms with van der Waals surface area (Å²) in [7, 11) is 0. The fraction of sp³-hybridized carbons (Fsp3) is 0.105. The Labute approximate surface area is 241 Å². The molecule has 2 aliphatic heterocycles. The number of anilines is 1. The van der Waals surface area contributed by atoms with Crippen molar-refractivity contribution in [3.63, 3.8) is 0 Å². The molecule has 2 aliphatic rings. The molecule has 5 aromatic carbocycles. The van der Waals surface area contributed by atoms with Crippen molar-refractivity contribution in [3.05, 3.63) is 150 Å². The van der Waals surface area contributed by atoms with Gasteiger partial charge in [-0.05, 0) is 63.4 Å². The van der Waals surface area contributed by atoms with Gasteiger partial charge in [0.25, 0.3) is 0 Å². The second-order valence-electron chi connectivity index (χ2n) is 10.4. The lowest BCUT2D eigenvalue weighted by atomic mass is 9.99. The van der Waals surface area contributed by atoms with Crippen LogP contribution in [0.2, 0.25) is 0 Å². The summed E-state index contributed by atoms with van der Waals surface area (Å²) in [6.07, 6.45) is 10.6. The van der Waals surface area contributed by atoms with Gasteiger partial charge in [-0.2, -0.15) is 0 Å². The molecule has 0 amide bonds. The summed E-state index contributed by atoms with van der Waals surface area (Å²) in [6.45, 7) is 1.37. The number of benzene rings is 5. The van der Waals surface area contributed by atoms with Crippen LogP contribution in [0.1, 0.15) is 35.1 Å². The highest BCUT2D eigenvalue weighted by Gasteiger charge is 2.18. The van der Waals surface area contributed by atoms with E-state index in [9.17, 15) is 0 Å². The molecule has 41 heavy (non-hydrogen) atoms. The van der Waals surface area contributed by atoms with Gasteiger partial charge in [0.15, 0.2) is 0 Å². The van der Waals surface area contributed by atoms with Crippen LogP contribution in [0.25, 0.3) is 34.1 Å². The third-order valence-corrected chi connectivity index (χ3v) is 7.75. The molecule has 0 spiro atoms. The summed E-state index contributed by atoms with van der Waals surface area (Å²) >= 11 is 0. The Morgan fingerprint density at radius 3 is 1.71 bits per heavy atom. The van der Waals surface area contributed by atoms with Gasteiger partial charge < -0.3 is 14.4 Å². The summed E-state index contributed by atoms with van der Waals surface area (Å²) in [4.78, 5) is 2.27. The molecule has 7 rings (SSSR count). The predicted molar refractivity (Wildman–Crippen MR) is 171 cm³/mol. The molecule has 0 fully saturated rings. The van der Waals surface area contributed by atoms with Crippen molar-refractivity contribution in [3.8, 4) is 11.5 Å². The van der Waals surface area contributed by atoms with E-state index in [1.807, 2.05) is 12.1 Å². The van der Waals surface area contributed by atoms with E-state index in [1.165, 1.54) is 27.5 Å². The minimum Gasteiger partial charge on any atom is -0.493 e. The Hall–Kier alpha value is -5.02. The Kier molecular flexibility index (Phi) is 6.84. The summed E-state index contributed by atoms with van der Waals surface area (Å²) in [5, 5.41) is 2.52. The Balaban J connectivity index is 1.23. The molecule has 0 saturated carbocycles. The van der Waals surface area contributed by atoms with Crippen molar-refractivity contribution < 1.29 is 9.47 Å². The van der Waals surface area contributed by atoms with Crippen molar-refractivity contribution in [2.24, 2.45) is 0 Å². The molecule has 0 atom stereocenters. The fourth-order valence-corrected chi connectivity index (χ4v) is 5.58. The first kappa shape index (κ1) is 25.0. The lowest BCUT2D eigenvalue weighted by Gasteiger charge is -2.26. The molecule has 0 saturated heterocycles. The summed E-state index contributed by atoms with van der Waals surface area (Å²) in [6, 6.07) is 40.5. The first-order valence-corrected chi connectivity index (χ1v) is 14.2. The van der Waals surface area contributed by atoms with Crippen LogP contribution in [0, 0.1) is 0 Å². The summed E-state index contributed by atoms with van der Waals surface area (Å²) in [5.74, 6) is 1.89. The number of para-hydroxylation sites is 2. The zero-order valence-electron chi connectivity index (χ0n) is 22.9. The lowest BCUT2D eigenvalue weighted by molar-refractivity contribution is 0.316. The molecule has 3 nitrogen and oxygen atoms in total. The van der Waals surface area contributed by atoms with Crippen LogP contribution in [0.5, 0.6) is 11.5 Å². The molecular weight excluding hydrogens is 502 g/mol. The van der Waals surface area contributed by atoms with Crippen LogP contribution in [0.3, 0.4) is 0 Å². The van der Waals surface area contributed by atoms with Crippen LogP contribution < -0.4 is 14.4 Å². The van der Waals surface area contributed by atoms with Gasteiger partial charge >= 0.3 is 0 Å². The van der Waals surface area contributed by atoms with Crippen LogP contribution >= 0.6 is 0 Å². The average Bonchev–Trinajstić information content (AvgIpc) is 3.04. The van der Waals surface area contributed by atoms with Crippen LogP contribution in [0.4, 0.5) is 5.69 Å². The molecule has 0 aromatic heterocycles. The maximum atomic E-state index is 5.94. The number of nitrogens with zero attached hydrogens (tertiary/aromatic N) is 1. The second-order valence-corrected chi connectivity index (χ2v) is 10.4. The van der Waals surface area contributed by atoms with Crippen LogP contribution in [-0.4, -0.2) is 13.2 Å². The quantitative estimate of drug-likeness (QED) is 0.210. The average molecular weight is 534 g/mol. The highest BCUT2D eigenvalue weighted by atomic mass is 16.5. The van der Waals surface area contributed by atoms with Crippen molar-refractivity contribution in [1.82, 2.24) is 0 Å². The van der Waals surface area contributed by atoms with Gasteiger partial charge in [-0.3, -0.25) is 0 Å². The number of hydrogen-bond acceptors (Lipinski definition) is 3. The minimum absolute atomic E-state index is 0.683. The number of rotatable bonds is 5. The van der Waals surface area contributed by atoms with E-state index in [2.05, 4.69) is 133 Å². The Morgan fingerprint density at radius 2 is 1.05 bits per heavy atom. The van der Waals surface area contributed by atoms with Gasteiger partial charge in [-0.15, -0.1) is 0 Å². The van der Waals surface area contributed by atoms with E-state index in [0.717, 1.165) is 46.7 Å². The third kappa shape index (κ3) is 5.39. The van der Waals surface area contributed by atoms with Gasteiger partial charge in [0.1, 0.15) is 11.5 Å². The molecular formula is C38H31NO2. The standard InChI is InChI=1S/C38H31NO2/c1-2-8-31-25-29(15-18-30(31)7-1)14-13-28-16-19-34(20-17-28)39(26-32-21-23-40-37-11-5-3-9-35(32)37)27-33-22-24-41-38-12-6-4-10-36(33)38/h1-20,25-27H,21-24H2. The first-order chi connectivity index (χ1) is 20.3. The Bertz CT molecular complexity index is 1730. The van der Waals surface area contributed by atoms with E-state index in [4.69, 9.17) is 9.47 Å². The van der Waals surface area contributed by atoms with Crippen LogP contribution in [-0.2, 0) is 0 Å². The van der Waals surface area contributed by atoms with Crippen molar-refractivity contribution >= 4 is 39.8 Å². The van der Waals surface area contributed by atoms with E-state index >= 15 is 0 Å². The zero-order valence-corrected chi connectivity index (χ0v) is 22.9. The second kappa shape index (κ2) is 11.2. The van der Waals surface area contributed by atoms with Gasteiger partial charge in [0.05, 0.1) is 13.2 Å². The number of fused-ring (bicyclic) bond motifs is 3. The SMILES string of the molecule is C(=Cc1ccc2ccccc2c1)c1ccc(N(C=C2CCOc3ccccc32)C=C2CCOc3ccccc32)cc1. The molecule has 3 heteroatoms. The summed E-state index contributed by atoms with van der Waals surface area (Å²) in [5.41, 5.74) is 8.32. The molecule has 200 valence electrons. The first-order valence-electron chi connectivity index (χ1n) is 14.2. The molecule has 5 aromatic rings. The van der Waals surface area contributed by atoms with Gasteiger partial charge in [-0.1, -0.05) is 97.1 Å². The van der Waals surface area contributed by atoms with E-state index < -0.39 is 0 Å². The van der Waals surface area contributed by atoms with Crippen LogP contribution in [0.15, 0.2) is 128 Å². The van der Waals surface area contributed by atoms with Crippen molar-refractivity contribution in [2.75, 3.05) is 18.1 Å². The fourth-order valence-electron chi connectivity index (χ4n) is 5.58. The zero-order chi connectivity index (χ0) is 27.4. The molecule has 0 aliphatic carbocycles. The molecule has 0 bridgehead atoms. The number of ether oxygens (including phenoxy) is 2. The normalized spacial score (nSPS) is 16.3. The molecule has 0 radical (unpaired) electrons. The highest BCUT2D eigenvalue weighted by molar-refractivity contribution is 5.86. The number of hydrogen-bond donors (Lipinski definition) is 0. The molecule has 0 N–H and O–H groups in total. The highest BCUT2D eigenvalue weighted by Crippen LogP contribution is 2.36. The van der Waals surface area contributed by atoms with Crippen molar-refractivity contribution in [1.29, 1.82) is 0 Å². The summed E-state index contributed by atoms with van der Waals surface area (Å²) < 4.78 is 11.9. The topological polar surface area (TPSA) is 21.7 Å². The maximum absolute atomic E-state index is 5.94. The Morgan fingerprint density at radius 1 is 0.512 bits per heavy atom. The molecule has 2 heterocycles. The van der Waals surface area contributed by atoms with Gasteiger partial charge in [0.2, 0.25) is 0 Å². The molecule has 0 unspecified atom stereocenters. The largest absolute Gasteiger partial charge is 0.493 e. The van der Waals surface area contributed by atoms with Gasteiger partial charge in [-0.25, -0.2) is 0 Å². The third-order valence-electron chi connectivity index (χ3n) is 7.75. The maximum Gasteiger partial charge on any atom is 0.126 e. The monoisotopic (exact) mass is 533 g/mol. The predicted octanol–water partition coefficient (Wildman–Crippen LogP) is 9.46.